The molecule has 3 heterocycles. The second-order valence-electron chi connectivity index (χ2n) is 14.3. The van der Waals surface area contributed by atoms with E-state index in [1.807, 2.05) is 103 Å². The third kappa shape index (κ3) is 4.48. The average Bonchev–Trinajstić information content (AvgIpc) is 3.82. The molecule has 6 heteroatoms. The number of imidazole rings is 1. The molecule has 0 saturated heterocycles. The highest BCUT2D eigenvalue weighted by Crippen LogP contribution is 2.56. The zero-order chi connectivity index (χ0) is 37.4. The van der Waals surface area contributed by atoms with Gasteiger partial charge in [-0.1, -0.05) is 146 Å². The van der Waals surface area contributed by atoms with E-state index in [2.05, 4.69) is 100 Å². The first-order valence-electron chi connectivity index (χ1n) is 18.7. The third-order valence-electron chi connectivity index (χ3n) is 11.4. The van der Waals surface area contributed by atoms with Gasteiger partial charge in [-0.15, -0.1) is 0 Å². The molecule has 2 aromatic heterocycles. The highest BCUT2D eigenvalue weighted by molar-refractivity contribution is 7.91. The highest BCUT2D eigenvalue weighted by atomic mass is 32.2. The van der Waals surface area contributed by atoms with Gasteiger partial charge in [-0.2, -0.15) is 0 Å². The summed E-state index contributed by atoms with van der Waals surface area (Å²) in [6, 6.07) is 67.5. The maximum atomic E-state index is 14.9. The summed E-state index contributed by atoms with van der Waals surface area (Å²) in [7, 11) is -3.91. The van der Waals surface area contributed by atoms with Crippen LogP contribution in [0.4, 0.5) is 0 Å². The molecule has 8 aromatic carbocycles. The van der Waals surface area contributed by atoms with E-state index in [0.29, 0.717) is 9.79 Å². The zero-order valence-electron chi connectivity index (χ0n) is 30.1. The maximum Gasteiger partial charge on any atom is 0.207 e. The molecule has 10 aromatic rings. The number of rotatable bonds is 5. The standard InChI is InChI=1S/C50H33N3O2S/c54-56(55)45-30-15-11-26-40(45)50(35-19-6-2-7-20-35,36-21-8-3-9-22-36)48-46(56)32-31-44-47(48)39-25-10-13-28-42(39)52(44)37-23-16-24-38(33-37)53-43-29-14-12-27-41(43)51-49(53)34-17-4-1-5-18-34/h1-33H. The van der Waals surface area contributed by atoms with E-state index in [4.69, 9.17) is 4.98 Å². The molecule has 1 aliphatic heterocycles. The predicted octanol–water partition coefficient (Wildman–Crippen LogP) is 11.3. The van der Waals surface area contributed by atoms with Crippen LogP contribution in [-0.2, 0) is 15.3 Å². The van der Waals surface area contributed by atoms with Crippen molar-refractivity contribution in [2.24, 2.45) is 0 Å². The van der Waals surface area contributed by atoms with Gasteiger partial charge in [0.15, 0.2) is 0 Å². The number of nitrogens with zero attached hydrogens (tertiary/aromatic N) is 3. The Hall–Kier alpha value is -7.02. The number of fused-ring (bicyclic) bond motifs is 7. The van der Waals surface area contributed by atoms with Crippen molar-refractivity contribution in [3.8, 4) is 22.8 Å². The molecule has 266 valence electrons. The van der Waals surface area contributed by atoms with Crippen molar-refractivity contribution in [3.05, 3.63) is 222 Å². The van der Waals surface area contributed by atoms with Crippen LogP contribution in [-0.4, -0.2) is 22.5 Å². The zero-order valence-corrected chi connectivity index (χ0v) is 30.9. The lowest BCUT2D eigenvalue weighted by molar-refractivity contribution is 0.580. The quantitative estimate of drug-likeness (QED) is 0.177. The van der Waals surface area contributed by atoms with Crippen LogP contribution >= 0.6 is 0 Å². The van der Waals surface area contributed by atoms with Crippen LogP contribution in [0.5, 0.6) is 0 Å². The minimum absolute atomic E-state index is 0.324. The summed E-state index contributed by atoms with van der Waals surface area (Å²) >= 11 is 0. The molecule has 5 nitrogen and oxygen atoms in total. The Kier molecular flexibility index (Phi) is 7.09. The van der Waals surface area contributed by atoms with Gasteiger partial charge in [-0.25, -0.2) is 13.4 Å². The summed E-state index contributed by atoms with van der Waals surface area (Å²) in [5, 5.41) is 1.89. The number of para-hydroxylation sites is 3. The van der Waals surface area contributed by atoms with E-state index < -0.39 is 15.3 Å². The Bertz CT molecular complexity index is 3220. The van der Waals surface area contributed by atoms with E-state index in [9.17, 15) is 8.42 Å². The molecule has 0 aliphatic carbocycles. The Morgan fingerprint density at radius 3 is 1.79 bits per heavy atom. The van der Waals surface area contributed by atoms with Crippen molar-refractivity contribution in [3.63, 3.8) is 0 Å². The van der Waals surface area contributed by atoms with Gasteiger partial charge in [0.1, 0.15) is 5.82 Å². The average molecular weight is 740 g/mol. The van der Waals surface area contributed by atoms with Crippen LogP contribution < -0.4 is 0 Å². The van der Waals surface area contributed by atoms with Gasteiger partial charge in [0.2, 0.25) is 9.84 Å². The van der Waals surface area contributed by atoms with Gasteiger partial charge in [0, 0.05) is 33.3 Å². The number of benzene rings is 8. The van der Waals surface area contributed by atoms with Crippen molar-refractivity contribution in [2.75, 3.05) is 0 Å². The van der Waals surface area contributed by atoms with Crippen LogP contribution in [0.3, 0.4) is 0 Å². The van der Waals surface area contributed by atoms with E-state index in [1.165, 1.54) is 0 Å². The summed E-state index contributed by atoms with van der Waals surface area (Å²) in [4.78, 5) is 5.76. The molecule has 0 unspecified atom stereocenters. The Labute approximate surface area is 324 Å². The van der Waals surface area contributed by atoms with Crippen molar-refractivity contribution in [1.29, 1.82) is 0 Å². The summed E-state index contributed by atoms with van der Waals surface area (Å²) in [5.41, 5.74) is 9.36. The van der Waals surface area contributed by atoms with Crippen molar-refractivity contribution < 1.29 is 8.42 Å². The van der Waals surface area contributed by atoms with Crippen LogP contribution in [0.25, 0.3) is 55.6 Å². The lowest BCUT2D eigenvalue weighted by Crippen LogP contribution is -2.37. The van der Waals surface area contributed by atoms with E-state index in [0.717, 1.165) is 77.9 Å². The van der Waals surface area contributed by atoms with E-state index in [1.54, 1.807) is 6.07 Å². The first kappa shape index (κ1) is 32.4. The number of aromatic nitrogens is 3. The molecular weight excluding hydrogens is 707 g/mol. The molecule has 0 bridgehead atoms. The minimum atomic E-state index is -3.91. The lowest BCUT2D eigenvalue weighted by atomic mass is 9.64. The normalized spacial score (nSPS) is 14.1. The highest BCUT2D eigenvalue weighted by Gasteiger charge is 2.50. The number of hydrogen-bond acceptors (Lipinski definition) is 3. The molecule has 0 radical (unpaired) electrons. The fourth-order valence-electron chi connectivity index (χ4n) is 9.16. The Morgan fingerprint density at radius 1 is 0.464 bits per heavy atom. The topological polar surface area (TPSA) is 56.9 Å². The first-order valence-corrected chi connectivity index (χ1v) is 20.2. The molecule has 0 atom stereocenters. The fraction of sp³-hybridized carbons (Fsp3) is 0.0200. The van der Waals surface area contributed by atoms with Gasteiger partial charge >= 0.3 is 0 Å². The molecule has 0 saturated carbocycles. The van der Waals surface area contributed by atoms with E-state index in [-0.39, 0.29) is 0 Å². The van der Waals surface area contributed by atoms with Crippen molar-refractivity contribution in [1.82, 2.24) is 14.1 Å². The van der Waals surface area contributed by atoms with E-state index >= 15 is 0 Å². The minimum Gasteiger partial charge on any atom is -0.309 e. The Balaban J connectivity index is 1.26. The number of hydrogen-bond donors (Lipinski definition) is 0. The molecule has 0 N–H and O–H groups in total. The SMILES string of the molecule is O=S1(=O)c2ccccc2C(c2ccccc2)(c2ccccc2)c2c1ccc1c2c2ccccc2n1-c1cccc(-n2c(-c3ccccc3)nc3ccccc32)c1. The summed E-state index contributed by atoms with van der Waals surface area (Å²) in [5.74, 6) is 0.861. The van der Waals surface area contributed by atoms with Gasteiger partial charge in [0.05, 0.1) is 37.3 Å². The van der Waals surface area contributed by atoms with Gasteiger partial charge in [0.25, 0.3) is 0 Å². The molecule has 56 heavy (non-hydrogen) atoms. The molecule has 0 amide bonds. The molecule has 1 aliphatic rings. The summed E-state index contributed by atoms with van der Waals surface area (Å²) in [6.07, 6.45) is 0. The van der Waals surface area contributed by atoms with Gasteiger partial charge in [-0.3, -0.25) is 4.57 Å². The maximum absolute atomic E-state index is 14.9. The van der Waals surface area contributed by atoms with Crippen LogP contribution in [0.15, 0.2) is 210 Å². The van der Waals surface area contributed by atoms with Crippen molar-refractivity contribution >= 4 is 42.7 Å². The van der Waals surface area contributed by atoms with Gasteiger partial charge < -0.3 is 4.57 Å². The second kappa shape index (κ2) is 12.2. The predicted molar refractivity (Wildman–Crippen MR) is 225 cm³/mol. The van der Waals surface area contributed by atoms with Gasteiger partial charge in [-0.05, 0) is 71.3 Å². The Morgan fingerprint density at radius 2 is 1.05 bits per heavy atom. The largest absolute Gasteiger partial charge is 0.309 e. The molecule has 0 spiro atoms. The molecule has 0 fully saturated rings. The second-order valence-corrected chi connectivity index (χ2v) is 16.2. The fourth-order valence-corrected chi connectivity index (χ4v) is 10.9. The van der Waals surface area contributed by atoms with Crippen LogP contribution in [0, 0.1) is 0 Å². The monoisotopic (exact) mass is 739 g/mol. The third-order valence-corrected chi connectivity index (χ3v) is 13.3. The van der Waals surface area contributed by atoms with Crippen LogP contribution in [0.2, 0.25) is 0 Å². The molecule has 11 rings (SSSR count). The summed E-state index contributed by atoms with van der Waals surface area (Å²) < 4.78 is 34.3. The first-order chi connectivity index (χ1) is 27.6. The number of sulfone groups is 1. The lowest BCUT2D eigenvalue weighted by Gasteiger charge is -2.42. The van der Waals surface area contributed by atoms with Crippen molar-refractivity contribution in [2.45, 2.75) is 15.2 Å². The smallest absolute Gasteiger partial charge is 0.207 e. The van der Waals surface area contributed by atoms with Crippen LogP contribution in [0.1, 0.15) is 22.3 Å². The summed E-state index contributed by atoms with van der Waals surface area (Å²) in [6.45, 7) is 0. The molecular formula is C50H33N3O2S.